The number of carbonyl (C=O) groups is 1. The van der Waals surface area contributed by atoms with E-state index in [1.807, 2.05) is 4.90 Å². The molecule has 0 aliphatic carbocycles. The molecule has 24 heavy (non-hydrogen) atoms. The third kappa shape index (κ3) is 5.68. The molecule has 0 unspecified atom stereocenters. The van der Waals surface area contributed by atoms with E-state index in [2.05, 4.69) is 19.2 Å². The molecule has 2 fully saturated rings. The highest BCUT2D eigenvalue weighted by atomic mass is 32.2. The molecule has 0 aromatic carbocycles. The van der Waals surface area contributed by atoms with Gasteiger partial charge in [0, 0.05) is 45.8 Å². The van der Waals surface area contributed by atoms with E-state index in [1.165, 1.54) is 0 Å². The van der Waals surface area contributed by atoms with Gasteiger partial charge in [-0.2, -0.15) is 17.0 Å². The maximum atomic E-state index is 12.8. The summed E-state index contributed by atoms with van der Waals surface area (Å²) in [7, 11) is -3.34. The lowest BCUT2D eigenvalue weighted by Gasteiger charge is -2.36. The van der Waals surface area contributed by atoms with Crippen molar-refractivity contribution in [1.29, 1.82) is 0 Å². The van der Waals surface area contributed by atoms with Crippen molar-refractivity contribution < 1.29 is 13.2 Å². The lowest BCUT2D eigenvalue weighted by Crippen LogP contribution is -2.54. The van der Waals surface area contributed by atoms with Gasteiger partial charge in [-0.3, -0.25) is 9.69 Å². The van der Waals surface area contributed by atoms with E-state index in [-0.39, 0.29) is 5.91 Å². The summed E-state index contributed by atoms with van der Waals surface area (Å²) in [6.07, 6.45) is 4.14. The van der Waals surface area contributed by atoms with Crippen molar-refractivity contribution in [3.05, 3.63) is 0 Å². The molecule has 2 saturated heterocycles. The van der Waals surface area contributed by atoms with E-state index < -0.39 is 10.2 Å². The fraction of sp³-hybridized carbons (Fsp3) is 0.938. The summed E-state index contributed by atoms with van der Waals surface area (Å²) >= 11 is 0. The number of piperazine rings is 1. The monoisotopic (exact) mass is 360 g/mol. The number of nitrogens with one attached hydrogen (secondary N) is 1. The summed E-state index contributed by atoms with van der Waals surface area (Å²) in [6.45, 7) is 8.60. The van der Waals surface area contributed by atoms with E-state index in [0.29, 0.717) is 58.3 Å². The van der Waals surface area contributed by atoms with E-state index >= 15 is 0 Å². The molecule has 1 N–H and O–H groups in total. The Bertz CT molecular complexity index is 493. The standard InChI is InChI=1S/C16H32N4O3S/c1-15(2)13-17-16(21)14-18-9-11-20(12-10-18)24(22,23)19-7-5-3-4-6-8-19/h15H,3-14H2,1-2H3,(H,17,21). The predicted molar refractivity (Wildman–Crippen MR) is 94.8 cm³/mol. The van der Waals surface area contributed by atoms with E-state index in [4.69, 9.17) is 0 Å². The average Bonchev–Trinajstić information content (AvgIpc) is 2.83. The molecule has 0 aromatic heterocycles. The first-order valence-corrected chi connectivity index (χ1v) is 10.5. The van der Waals surface area contributed by atoms with Gasteiger partial charge in [-0.1, -0.05) is 26.7 Å². The summed E-state index contributed by atoms with van der Waals surface area (Å²) in [5.74, 6) is 0.456. The van der Waals surface area contributed by atoms with Crippen LogP contribution in [0.15, 0.2) is 0 Å². The zero-order valence-corrected chi connectivity index (χ0v) is 15.9. The van der Waals surface area contributed by atoms with Gasteiger partial charge in [0.25, 0.3) is 10.2 Å². The third-order valence-corrected chi connectivity index (χ3v) is 6.66. The number of amides is 1. The molecule has 8 heteroatoms. The molecule has 1 amide bonds. The van der Waals surface area contributed by atoms with E-state index in [0.717, 1.165) is 25.7 Å². The van der Waals surface area contributed by atoms with Crippen LogP contribution in [0.1, 0.15) is 39.5 Å². The first-order valence-electron chi connectivity index (χ1n) is 9.14. The fourth-order valence-corrected chi connectivity index (χ4v) is 4.80. The molecule has 0 spiro atoms. The Kier molecular flexibility index (Phi) is 7.46. The lowest BCUT2D eigenvalue weighted by molar-refractivity contribution is -0.122. The normalized spacial score (nSPS) is 22.5. The van der Waals surface area contributed by atoms with Crippen LogP contribution < -0.4 is 5.32 Å². The van der Waals surface area contributed by atoms with Gasteiger partial charge in [-0.25, -0.2) is 0 Å². The first kappa shape index (κ1) is 19.6. The highest BCUT2D eigenvalue weighted by Crippen LogP contribution is 2.17. The molecule has 2 aliphatic heterocycles. The van der Waals surface area contributed by atoms with Gasteiger partial charge in [0.05, 0.1) is 6.54 Å². The van der Waals surface area contributed by atoms with Crippen LogP contribution in [0.2, 0.25) is 0 Å². The van der Waals surface area contributed by atoms with Gasteiger partial charge >= 0.3 is 0 Å². The van der Waals surface area contributed by atoms with Crippen LogP contribution in [0.4, 0.5) is 0 Å². The summed E-state index contributed by atoms with van der Waals surface area (Å²) in [6, 6.07) is 0. The number of hydrogen-bond donors (Lipinski definition) is 1. The van der Waals surface area contributed by atoms with Crippen molar-refractivity contribution in [3.8, 4) is 0 Å². The van der Waals surface area contributed by atoms with Crippen LogP contribution in [0.3, 0.4) is 0 Å². The fourth-order valence-electron chi connectivity index (χ4n) is 3.13. The molecule has 0 bridgehead atoms. The predicted octanol–water partition coefficient (Wildman–Crippen LogP) is 0.497. The molecule has 0 radical (unpaired) electrons. The third-order valence-electron chi connectivity index (χ3n) is 4.62. The van der Waals surface area contributed by atoms with Crippen molar-refractivity contribution in [1.82, 2.24) is 18.8 Å². The quantitative estimate of drug-likeness (QED) is 0.749. The number of nitrogens with zero attached hydrogens (tertiary/aromatic N) is 3. The van der Waals surface area contributed by atoms with Crippen LogP contribution in [-0.2, 0) is 15.0 Å². The molecule has 2 rings (SSSR count). The average molecular weight is 361 g/mol. The van der Waals surface area contributed by atoms with Crippen molar-refractivity contribution in [2.24, 2.45) is 5.92 Å². The summed E-state index contributed by atoms with van der Waals surface area (Å²) in [4.78, 5) is 13.9. The maximum absolute atomic E-state index is 12.8. The Morgan fingerprint density at radius 3 is 2.00 bits per heavy atom. The smallest absolute Gasteiger partial charge is 0.282 e. The molecule has 2 heterocycles. The molecule has 0 saturated carbocycles. The van der Waals surface area contributed by atoms with Crippen LogP contribution in [0.5, 0.6) is 0 Å². The first-order chi connectivity index (χ1) is 11.4. The maximum Gasteiger partial charge on any atom is 0.282 e. The van der Waals surface area contributed by atoms with Gasteiger partial charge in [0.1, 0.15) is 0 Å². The minimum atomic E-state index is -3.34. The van der Waals surface area contributed by atoms with Crippen molar-refractivity contribution in [2.75, 3.05) is 52.4 Å². The molecule has 7 nitrogen and oxygen atoms in total. The van der Waals surface area contributed by atoms with E-state index in [9.17, 15) is 13.2 Å². The minimum absolute atomic E-state index is 0.0209. The summed E-state index contributed by atoms with van der Waals surface area (Å²) < 4.78 is 28.7. The second-order valence-corrected chi connectivity index (χ2v) is 9.12. The lowest BCUT2D eigenvalue weighted by atomic mass is 10.2. The van der Waals surface area contributed by atoms with E-state index in [1.54, 1.807) is 8.61 Å². The van der Waals surface area contributed by atoms with Crippen molar-refractivity contribution >= 4 is 16.1 Å². The molecular weight excluding hydrogens is 328 g/mol. The summed E-state index contributed by atoms with van der Waals surface area (Å²) in [5, 5.41) is 2.91. The summed E-state index contributed by atoms with van der Waals surface area (Å²) in [5.41, 5.74) is 0. The van der Waals surface area contributed by atoms with Gasteiger partial charge in [-0.15, -0.1) is 0 Å². The minimum Gasteiger partial charge on any atom is -0.355 e. The van der Waals surface area contributed by atoms with Gasteiger partial charge in [-0.05, 0) is 18.8 Å². The highest BCUT2D eigenvalue weighted by molar-refractivity contribution is 7.86. The number of rotatable bonds is 6. The molecular formula is C16H32N4O3S. The van der Waals surface area contributed by atoms with Crippen LogP contribution in [-0.4, -0.2) is 80.2 Å². The van der Waals surface area contributed by atoms with Gasteiger partial charge in [0.2, 0.25) is 5.91 Å². The van der Waals surface area contributed by atoms with Crippen LogP contribution in [0, 0.1) is 5.92 Å². The molecule has 2 aliphatic rings. The topological polar surface area (TPSA) is 73.0 Å². The Hall–Kier alpha value is -0.700. The Labute approximate surface area is 146 Å². The zero-order valence-electron chi connectivity index (χ0n) is 15.0. The molecule has 0 aromatic rings. The highest BCUT2D eigenvalue weighted by Gasteiger charge is 2.32. The van der Waals surface area contributed by atoms with Crippen molar-refractivity contribution in [2.45, 2.75) is 39.5 Å². The van der Waals surface area contributed by atoms with Gasteiger partial charge < -0.3 is 5.32 Å². The van der Waals surface area contributed by atoms with Gasteiger partial charge in [0.15, 0.2) is 0 Å². The Morgan fingerprint density at radius 1 is 0.917 bits per heavy atom. The largest absolute Gasteiger partial charge is 0.355 e. The Balaban J connectivity index is 1.80. The second kappa shape index (κ2) is 9.12. The Morgan fingerprint density at radius 2 is 1.46 bits per heavy atom. The molecule has 0 atom stereocenters. The SMILES string of the molecule is CC(C)CNC(=O)CN1CCN(S(=O)(=O)N2CCCCCC2)CC1. The van der Waals surface area contributed by atoms with Crippen molar-refractivity contribution in [3.63, 3.8) is 0 Å². The second-order valence-electron chi connectivity index (χ2n) is 7.19. The zero-order chi connectivity index (χ0) is 17.6. The van der Waals surface area contributed by atoms with Crippen LogP contribution in [0.25, 0.3) is 0 Å². The van der Waals surface area contributed by atoms with Crippen LogP contribution >= 0.6 is 0 Å². The number of hydrogen-bond acceptors (Lipinski definition) is 4. The molecule has 140 valence electrons. The number of carbonyl (C=O) groups excluding carboxylic acids is 1.